The third-order valence-corrected chi connectivity index (χ3v) is 4.30. The molecule has 4 N–H and O–H groups in total. The van der Waals surface area contributed by atoms with Gasteiger partial charge in [-0.2, -0.15) is 0 Å². The molecule has 0 atom stereocenters. The highest BCUT2D eigenvalue weighted by molar-refractivity contribution is 7.19. The molecular weight excluding hydrogens is 280 g/mol. The van der Waals surface area contributed by atoms with E-state index in [2.05, 4.69) is 18.2 Å². The van der Waals surface area contributed by atoms with Crippen molar-refractivity contribution < 1.29 is 4.79 Å². The van der Waals surface area contributed by atoms with E-state index in [1.807, 2.05) is 36.4 Å². The first-order valence-electron chi connectivity index (χ1n) is 6.51. The van der Waals surface area contributed by atoms with Crippen molar-refractivity contribution in [2.75, 3.05) is 5.73 Å². The zero-order valence-electron chi connectivity index (χ0n) is 11.2. The van der Waals surface area contributed by atoms with Crippen LogP contribution in [0.25, 0.3) is 21.6 Å². The number of nitrogens with two attached hydrogens (primary N) is 2. The van der Waals surface area contributed by atoms with E-state index in [-0.39, 0.29) is 0 Å². The molecule has 0 fully saturated rings. The van der Waals surface area contributed by atoms with Crippen LogP contribution in [0.5, 0.6) is 0 Å². The number of primary amides is 1. The number of rotatable bonds is 3. The van der Waals surface area contributed by atoms with Gasteiger partial charge in [-0.15, -0.1) is 11.3 Å². The summed E-state index contributed by atoms with van der Waals surface area (Å²) in [6.07, 6.45) is 0. The van der Waals surface area contributed by atoms with Gasteiger partial charge in [0, 0.05) is 4.88 Å². The summed E-state index contributed by atoms with van der Waals surface area (Å²) in [7, 11) is 0. The standard InChI is InChI=1S/C17H14N2OS/c18-16(20)14-10-15(21-17(14)19)13-9-5-4-8-12(13)11-6-2-1-3-7-11/h1-10H,19H2,(H2,18,20). The molecule has 3 rings (SSSR count). The largest absolute Gasteiger partial charge is 0.390 e. The highest BCUT2D eigenvalue weighted by Crippen LogP contribution is 2.38. The van der Waals surface area contributed by atoms with Crippen molar-refractivity contribution in [1.82, 2.24) is 0 Å². The van der Waals surface area contributed by atoms with Gasteiger partial charge < -0.3 is 11.5 Å². The van der Waals surface area contributed by atoms with Crippen molar-refractivity contribution >= 4 is 22.2 Å². The summed E-state index contributed by atoms with van der Waals surface area (Å²) in [4.78, 5) is 12.3. The van der Waals surface area contributed by atoms with Crippen molar-refractivity contribution in [2.24, 2.45) is 5.73 Å². The van der Waals surface area contributed by atoms with Gasteiger partial charge in [0.05, 0.1) is 10.6 Å². The number of thiophene rings is 1. The zero-order chi connectivity index (χ0) is 14.8. The van der Waals surface area contributed by atoms with Gasteiger partial charge in [0.1, 0.15) is 0 Å². The molecular formula is C17H14N2OS. The Morgan fingerprint density at radius 3 is 2.14 bits per heavy atom. The molecule has 104 valence electrons. The van der Waals surface area contributed by atoms with Gasteiger partial charge in [0.2, 0.25) is 0 Å². The maximum atomic E-state index is 11.4. The summed E-state index contributed by atoms with van der Waals surface area (Å²) in [6.45, 7) is 0. The Labute approximate surface area is 126 Å². The molecule has 0 saturated heterocycles. The minimum Gasteiger partial charge on any atom is -0.390 e. The Morgan fingerprint density at radius 2 is 1.52 bits per heavy atom. The highest BCUT2D eigenvalue weighted by atomic mass is 32.1. The quantitative estimate of drug-likeness (QED) is 0.772. The molecule has 0 spiro atoms. The Morgan fingerprint density at radius 1 is 0.905 bits per heavy atom. The van der Waals surface area contributed by atoms with Crippen molar-refractivity contribution in [2.45, 2.75) is 0 Å². The predicted octanol–water partition coefficient (Wildman–Crippen LogP) is 3.76. The third kappa shape index (κ3) is 2.53. The maximum Gasteiger partial charge on any atom is 0.251 e. The lowest BCUT2D eigenvalue weighted by Gasteiger charge is -2.07. The summed E-state index contributed by atoms with van der Waals surface area (Å²) < 4.78 is 0. The lowest BCUT2D eigenvalue weighted by Crippen LogP contribution is -2.11. The number of hydrogen-bond donors (Lipinski definition) is 2. The smallest absolute Gasteiger partial charge is 0.251 e. The van der Waals surface area contributed by atoms with Crippen LogP contribution in [0.3, 0.4) is 0 Å². The van der Waals surface area contributed by atoms with Gasteiger partial charge in [-0.25, -0.2) is 0 Å². The normalized spacial score (nSPS) is 10.5. The Bertz CT molecular complexity index is 794. The van der Waals surface area contributed by atoms with Gasteiger partial charge in [-0.1, -0.05) is 54.6 Å². The predicted molar refractivity (Wildman–Crippen MR) is 88.1 cm³/mol. The number of carbonyl (C=O) groups excluding carboxylic acids is 1. The van der Waals surface area contributed by atoms with Gasteiger partial charge >= 0.3 is 0 Å². The highest BCUT2D eigenvalue weighted by Gasteiger charge is 2.14. The zero-order valence-corrected chi connectivity index (χ0v) is 12.1. The first kappa shape index (κ1) is 13.4. The van der Waals surface area contributed by atoms with Crippen LogP contribution < -0.4 is 11.5 Å². The van der Waals surface area contributed by atoms with Crippen LogP contribution >= 0.6 is 11.3 Å². The summed E-state index contributed by atoms with van der Waals surface area (Å²) >= 11 is 1.38. The van der Waals surface area contributed by atoms with E-state index < -0.39 is 5.91 Å². The number of hydrogen-bond acceptors (Lipinski definition) is 3. The second kappa shape index (κ2) is 5.42. The van der Waals surface area contributed by atoms with Crippen molar-refractivity contribution in [1.29, 1.82) is 0 Å². The molecule has 21 heavy (non-hydrogen) atoms. The Balaban J connectivity index is 2.16. The second-order valence-electron chi connectivity index (χ2n) is 4.66. The fourth-order valence-corrected chi connectivity index (χ4v) is 3.27. The molecule has 3 nitrogen and oxygen atoms in total. The summed E-state index contributed by atoms with van der Waals surface area (Å²) in [5, 5.41) is 0.459. The number of anilines is 1. The monoisotopic (exact) mass is 294 g/mol. The van der Waals surface area contributed by atoms with Crippen LogP contribution in [0.2, 0.25) is 0 Å². The van der Waals surface area contributed by atoms with E-state index in [0.29, 0.717) is 10.6 Å². The number of benzene rings is 2. The Hall–Kier alpha value is -2.59. The average Bonchev–Trinajstić information content (AvgIpc) is 2.90. The van der Waals surface area contributed by atoms with E-state index in [1.54, 1.807) is 6.07 Å². The van der Waals surface area contributed by atoms with E-state index in [0.717, 1.165) is 21.6 Å². The van der Waals surface area contributed by atoms with E-state index in [4.69, 9.17) is 11.5 Å². The van der Waals surface area contributed by atoms with Gasteiger partial charge in [0.15, 0.2) is 0 Å². The minimum absolute atomic E-state index is 0.387. The molecule has 0 aliphatic heterocycles. The first-order valence-corrected chi connectivity index (χ1v) is 7.32. The van der Waals surface area contributed by atoms with E-state index in [1.165, 1.54) is 11.3 Å². The van der Waals surface area contributed by atoms with Gasteiger partial charge in [0.25, 0.3) is 5.91 Å². The summed E-state index contributed by atoms with van der Waals surface area (Å²) in [5.41, 5.74) is 14.9. The number of amides is 1. The molecule has 0 radical (unpaired) electrons. The second-order valence-corrected chi connectivity index (χ2v) is 5.75. The van der Waals surface area contributed by atoms with Crippen LogP contribution in [0.15, 0.2) is 60.7 Å². The third-order valence-electron chi connectivity index (χ3n) is 3.30. The van der Waals surface area contributed by atoms with E-state index >= 15 is 0 Å². The molecule has 1 amide bonds. The minimum atomic E-state index is -0.493. The van der Waals surface area contributed by atoms with Gasteiger partial charge in [-0.3, -0.25) is 4.79 Å². The van der Waals surface area contributed by atoms with Crippen LogP contribution in [-0.2, 0) is 0 Å². The molecule has 4 heteroatoms. The van der Waals surface area contributed by atoms with Crippen LogP contribution in [-0.4, -0.2) is 5.91 Å². The van der Waals surface area contributed by atoms with Crippen LogP contribution in [0.1, 0.15) is 10.4 Å². The van der Waals surface area contributed by atoms with Crippen LogP contribution in [0, 0.1) is 0 Å². The lowest BCUT2D eigenvalue weighted by atomic mass is 9.98. The molecule has 2 aromatic carbocycles. The molecule has 0 aliphatic rings. The van der Waals surface area contributed by atoms with Crippen molar-refractivity contribution in [3.8, 4) is 21.6 Å². The molecule has 1 heterocycles. The molecule has 0 saturated carbocycles. The molecule has 0 aliphatic carbocycles. The molecule has 0 bridgehead atoms. The molecule has 1 aromatic heterocycles. The summed E-state index contributed by atoms with van der Waals surface area (Å²) in [5.74, 6) is -0.493. The van der Waals surface area contributed by atoms with Gasteiger partial charge in [-0.05, 0) is 22.8 Å². The van der Waals surface area contributed by atoms with Crippen molar-refractivity contribution in [3.63, 3.8) is 0 Å². The average molecular weight is 294 g/mol. The topological polar surface area (TPSA) is 69.1 Å². The lowest BCUT2D eigenvalue weighted by molar-refractivity contribution is 0.100. The molecule has 0 unspecified atom stereocenters. The fourth-order valence-electron chi connectivity index (χ4n) is 2.30. The Kier molecular flexibility index (Phi) is 3.46. The maximum absolute atomic E-state index is 11.4. The number of carbonyl (C=O) groups is 1. The number of nitrogen functional groups attached to an aromatic ring is 1. The molecule has 3 aromatic rings. The van der Waals surface area contributed by atoms with E-state index in [9.17, 15) is 4.79 Å². The first-order chi connectivity index (χ1) is 10.2. The van der Waals surface area contributed by atoms with Crippen LogP contribution in [0.4, 0.5) is 5.00 Å². The summed E-state index contributed by atoms with van der Waals surface area (Å²) in [6, 6.07) is 19.9. The fraction of sp³-hybridized carbons (Fsp3) is 0. The SMILES string of the molecule is NC(=O)c1cc(-c2ccccc2-c2ccccc2)sc1N. The van der Waals surface area contributed by atoms with Crippen molar-refractivity contribution in [3.05, 3.63) is 66.2 Å².